The van der Waals surface area contributed by atoms with Gasteiger partial charge in [0.05, 0.1) is 0 Å². The Morgan fingerprint density at radius 3 is 2.30 bits per heavy atom. The van der Waals surface area contributed by atoms with Crippen LogP contribution in [0.25, 0.3) is 44.2 Å². The average Bonchev–Trinajstić information content (AvgIpc) is 3.31. The van der Waals surface area contributed by atoms with Crippen LogP contribution in [-0.4, -0.2) is 28.8 Å². The SMILES string of the molecule is CC(C)(C)OC(=O)N[C@H](CCCc1cccc(-c2cccc(-c3cccc4c3oc3ccccc34)c2)c1)C(=O)O. The van der Waals surface area contributed by atoms with Gasteiger partial charge < -0.3 is 19.6 Å². The first-order valence-corrected chi connectivity index (χ1v) is 13.5. The molecule has 5 aromatic rings. The van der Waals surface area contributed by atoms with E-state index in [1.165, 1.54) is 0 Å². The van der Waals surface area contributed by atoms with E-state index in [-0.39, 0.29) is 0 Å². The van der Waals surface area contributed by atoms with Crippen molar-refractivity contribution in [1.82, 2.24) is 5.32 Å². The van der Waals surface area contributed by atoms with Crippen LogP contribution < -0.4 is 5.32 Å². The topological polar surface area (TPSA) is 88.8 Å². The third kappa shape index (κ3) is 6.18. The van der Waals surface area contributed by atoms with Gasteiger partial charge in [-0.2, -0.15) is 0 Å². The van der Waals surface area contributed by atoms with Crippen molar-refractivity contribution in [3.8, 4) is 22.3 Å². The minimum absolute atomic E-state index is 0.301. The third-order valence-electron chi connectivity index (χ3n) is 6.79. The summed E-state index contributed by atoms with van der Waals surface area (Å²) in [6.07, 6.45) is 0.867. The molecule has 5 rings (SSSR count). The number of fused-ring (bicyclic) bond motifs is 3. The highest BCUT2D eigenvalue weighted by Crippen LogP contribution is 2.36. The van der Waals surface area contributed by atoms with Gasteiger partial charge in [0.1, 0.15) is 22.8 Å². The summed E-state index contributed by atoms with van der Waals surface area (Å²) in [6.45, 7) is 5.22. The Morgan fingerprint density at radius 2 is 1.52 bits per heavy atom. The van der Waals surface area contributed by atoms with Crippen molar-refractivity contribution < 1.29 is 23.8 Å². The number of rotatable bonds is 8. The number of aliphatic carboxylic acids is 1. The Balaban J connectivity index is 1.31. The molecule has 40 heavy (non-hydrogen) atoms. The summed E-state index contributed by atoms with van der Waals surface area (Å²) in [5, 5.41) is 14.2. The zero-order valence-corrected chi connectivity index (χ0v) is 22.9. The summed E-state index contributed by atoms with van der Waals surface area (Å²) < 4.78 is 11.5. The number of hydrogen-bond acceptors (Lipinski definition) is 4. The molecule has 0 unspecified atom stereocenters. The van der Waals surface area contributed by atoms with Gasteiger partial charge in [-0.15, -0.1) is 0 Å². The molecule has 0 radical (unpaired) electrons. The number of carbonyl (C=O) groups is 2. The lowest BCUT2D eigenvalue weighted by Crippen LogP contribution is -2.43. The molecular formula is C34H33NO5. The number of carboxylic acids is 1. The molecule has 1 amide bonds. The summed E-state index contributed by atoms with van der Waals surface area (Å²) in [4.78, 5) is 23.7. The molecule has 6 nitrogen and oxygen atoms in total. The van der Waals surface area contributed by atoms with Gasteiger partial charge >= 0.3 is 12.1 Å². The zero-order chi connectivity index (χ0) is 28.3. The third-order valence-corrected chi connectivity index (χ3v) is 6.79. The lowest BCUT2D eigenvalue weighted by Gasteiger charge is -2.22. The summed E-state index contributed by atoms with van der Waals surface area (Å²) in [5.74, 6) is -1.07. The molecule has 2 N–H and O–H groups in total. The van der Waals surface area contributed by atoms with Gasteiger partial charge in [0.15, 0.2) is 0 Å². The van der Waals surface area contributed by atoms with Gasteiger partial charge in [-0.25, -0.2) is 9.59 Å². The van der Waals surface area contributed by atoms with Crippen molar-refractivity contribution >= 4 is 34.0 Å². The minimum atomic E-state index is -1.07. The van der Waals surface area contributed by atoms with E-state index in [2.05, 4.69) is 66.0 Å². The number of furan rings is 1. The van der Waals surface area contributed by atoms with Gasteiger partial charge in [0, 0.05) is 16.3 Å². The van der Waals surface area contributed by atoms with Crippen molar-refractivity contribution in [2.75, 3.05) is 0 Å². The quantitative estimate of drug-likeness (QED) is 0.209. The van der Waals surface area contributed by atoms with E-state index in [4.69, 9.17) is 9.15 Å². The number of ether oxygens (including phenoxy) is 1. The first-order chi connectivity index (χ1) is 19.2. The van der Waals surface area contributed by atoms with Crippen molar-refractivity contribution in [1.29, 1.82) is 0 Å². The fourth-order valence-electron chi connectivity index (χ4n) is 4.96. The molecule has 0 saturated carbocycles. The van der Waals surface area contributed by atoms with E-state index in [0.29, 0.717) is 19.3 Å². The van der Waals surface area contributed by atoms with Crippen LogP contribution in [0, 0.1) is 0 Å². The summed E-state index contributed by atoms with van der Waals surface area (Å²) in [5.41, 5.74) is 6.45. The van der Waals surface area contributed by atoms with E-state index in [1.807, 2.05) is 30.3 Å². The second-order valence-electron chi connectivity index (χ2n) is 11.0. The van der Waals surface area contributed by atoms with Crippen molar-refractivity contribution in [2.45, 2.75) is 51.7 Å². The lowest BCUT2D eigenvalue weighted by atomic mass is 9.96. The normalized spacial score (nSPS) is 12.4. The van der Waals surface area contributed by atoms with Crippen LogP contribution >= 0.6 is 0 Å². The summed E-state index contributed by atoms with van der Waals surface area (Å²) in [6, 6.07) is 30.0. The summed E-state index contributed by atoms with van der Waals surface area (Å²) in [7, 11) is 0. The van der Waals surface area contributed by atoms with Crippen LogP contribution in [0.5, 0.6) is 0 Å². The van der Waals surface area contributed by atoms with Crippen LogP contribution in [0.15, 0.2) is 95.4 Å². The number of nitrogens with one attached hydrogen (secondary N) is 1. The van der Waals surface area contributed by atoms with Crippen molar-refractivity contribution in [2.24, 2.45) is 0 Å². The molecular weight excluding hydrogens is 502 g/mol. The Hall–Kier alpha value is -4.58. The Morgan fingerprint density at radius 1 is 0.850 bits per heavy atom. The molecule has 1 aromatic heterocycles. The van der Waals surface area contributed by atoms with E-state index in [0.717, 1.165) is 49.8 Å². The smallest absolute Gasteiger partial charge is 0.408 e. The highest BCUT2D eigenvalue weighted by atomic mass is 16.6. The van der Waals surface area contributed by atoms with E-state index in [1.54, 1.807) is 20.8 Å². The van der Waals surface area contributed by atoms with Gasteiger partial charge in [0.2, 0.25) is 0 Å². The molecule has 0 saturated heterocycles. The first kappa shape index (κ1) is 27.0. The Kier molecular flexibility index (Phi) is 7.60. The van der Waals surface area contributed by atoms with Crippen LogP contribution in [-0.2, 0) is 16.0 Å². The van der Waals surface area contributed by atoms with Crippen LogP contribution in [0.4, 0.5) is 4.79 Å². The standard InChI is InChI=1S/C34H33NO5/c1-34(2,3)40-33(38)35-29(32(36)37)18-7-11-22-10-6-12-23(20-22)24-13-8-14-25(21-24)26-16-9-17-28-27-15-4-5-19-30(27)39-31(26)28/h4-6,8-10,12-17,19-21,29H,7,11,18H2,1-3H3,(H,35,38)(H,36,37)/t29-/m1/s1. The largest absolute Gasteiger partial charge is 0.480 e. The van der Waals surface area contributed by atoms with Gasteiger partial charge in [-0.05, 0) is 74.4 Å². The second-order valence-corrected chi connectivity index (χ2v) is 11.0. The minimum Gasteiger partial charge on any atom is -0.480 e. The molecule has 1 heterocycles. The summed E-state index contributed by atoms with van der Waals surface area (Å²) >= 11 is 0. The number of hydrogen-bond donors (Lipinski definition) is 2. The maximum Gasteiger partial charge on any atom is 0.408 e. The van der Waals surface area contributed by atoms with Gasteiger partial charge in [-0.1, -0.05) is 78.9 Å². The maximum absolute atomic E-state index is 12.1. The van der Waals surface area contributed by atoms with Gasteiger partial charge in [0.25, 0.3) is 0 Å². The number of benzene rings is 4. The molecule has 1 atom stereocenters. The maximum atomic E-state index is 12.1. The predicted molar refractivity (Wildman–Crippen MR) is 158 cm³/mol. The fourth-order valence-corrected chi connectivity index (χ4v) is 4.96. The molecule has 0 aliphatic heterocycles. The molecule has 0 bridgehead atoms. The van der Waals surface area contributed by atoms with E-state index >= 15 is 0 Å². The van der Waals surface area contributed by atoms with Crippen molar-refractivity contribution in [3.05, 3.63) is 96.6 Å². The zero-order valence-electron chi connectivity index (χ0n) is 22.9. The van der Waals surface area contributed by atoms with Crippen LogP contribution in [0.3, 0.4) is 0 Å². The Labute approximate surface area is 233 Å². The monoisotopic (exact) mass is 535 g/mol. The Bertz CT molecular complexity index is 1680. The lowest BCUT2D eigenvalue weighted by molar-refractivity contribution is -0.139. The molecule has 4 aromatic carbocycles. The number of amides is 1. The highest BCUT2D eigenvalue weighted by molar-refractivity contribution is 6.09. The molecule has 0 fully saturated rings. The van der Waals surface area contributed by atoms with Crippen LogP contribution in [0.2, 0.25) is 0 Å². The first-order valence-electron chi connectivity index (χ1n) is 13.5. The number of alkyl carbamates (subject to hydrolysis) is 1. The van der Waals surface area contributed by atoms with Gasteiger partial charge in [-0.3, -0.25) is 0 Å². The van der Waals surface area contributed by atoms with E-state index in [9.17, 15) is 14.7 Å². The molecule has 204 valence electrons. The molecule has 0 spiro atoms. The average molecular weight is 536 g/mol. The number of para-hydroxylation sites is 2. The highest BCUT2D eigenvalue weighted by Gasteiger charge is 2.23. The number of aryl methyl sites for hydroxylation is 1. The van der Waals surface area contributed by atoms with Crippen molar-refractivity contribution in [3.63, 3.8) is 0 Å². The molecule has 6 heteroatoms. The number of carboxylic acid groups (broad SMARTS) is 1. The molecule has 0 aliphatic rings. The van der Waals surface area contributed by atoms with Crippen LogP contribution in [0.1, 0.15) is 39.2 Å². The van der Waals surface area contributed by atoms with E-state index < -0.39 is 23.7 Å². The predicted octanol–water partition coefficient (Wildman–Crippen LogP) is 8.22. The second kappa shape index (κ2) is 11.3. The number of carbonyl (C=O) groups excluding carboxylic acids is 1. The fraction of sp³-hybridized carbons (Fsp3) is 0.235. The molecule has 0 aliphatic carbocycles.